The maximum absolute atomic E-state index is 12.3. The monoisotopic (exact) mass is 429 g/mol. The van der Waals surface area contributed by atoms with Crippen molar-refractivity contribution in [3.05, 3.63) is 69.9 Å². The van der Waals surface area contributed by atoms with Crippen LogP contribution in [0.25, 0.3) is 11.0 Å². The zero-order valence-corrected chi connectivity index (χ0v) is 15.7. The molecule has 3 rings (SSSR count). The van der Waals surface area contributed by atoms with Crippen molar-refractivity contribution in [1.29, 1.82) is 0 Å². The molecule has 0 unspecified atom stereocenters. The van der Waals surface area contributed by atoms with Gasteiger partial charge in [-0.15, -0.1) is 0 Å². The van der Waals surface area contributed by atoms with Crippen LogP contribution in [-0.4, -0.2) is 24.3 Å². The van der Waals surface area contributed by atoms with Crippen LogP contribution in [0.1, 0.15) is 26.5 Å². The summed E-state index contributed by atoms with van der Waals surface area (Å²) >= 11 is 3.39. The van der Waals surface area contributed by atoms with E-state index in [4.69, 9.17) is 10.2 Å². The second-order valence-corrected chi connectivity index (χ2v) is 6.65. The Labute approximate surface area is 163 Å². The van der Waals surface area contributed by atoms with Crippen molar-refractivity contribution in [2.24, 2.45) is 5.73 Å². The highest BCUT2D eigenvalue weighted by Crippen LogP contribution is 2.26. The Balaban J connectivity index is 1.60. The first-order valence-corrected chi connectivity index (χ1v) is 8.85. The smallest absolute Gasteiger partial charge is 0.287 e. The van der Waals surface area contributed by atoms with Crippen molar-refractivity contribution in [3.8, 4) is 0 Å². The topological polar surface area (TPSA) is 114 Å². The fourth-order valence-corrected chi connectivity index (χ4v) is 2.91. The predicted molar refractivity (Wildman–Crippen MR) is 103 cm³/mol. The summed E-state index contributed by atoms with van der Waals surface area (Å²) in [7, 11) is 0. The molecule has 2 aromatic carbocycles. The lowest BCUT2D eigenvalue weighted by Gasteiger charge is -2.06. The highest BCUT2D eigenvalue weighted by Gasteiger charge is 2.13. The highest BCUT2D eigenvalue weighted by atomic mass is 79.9. The molecule has 3 amide bonds. The zero-order valence-electron chi connectivity index (χ0n) is 14.1. The van der Waals surface area contributed by atoms with E-state index in [2.05, 4.69) is 26.6 Å². The Morgan fingerprint density at radius 1 is 1.00 bits per heavy atom. The number of para-hydroxylation sites is 1. The molecule has 0 fully saturated rings. The molecule has 0 aliphatic heterocycles. The lowest BCUT2D eigenvalue weighted by Crippen LogP contribution is -2.33. The van der Waals surface area contributed by atoms with Gasteiger partial charge in [0.25, 0.3) is 11.8 Å². The van der Waals surface area contributed by atoms with E-state index in [1.807, 2.05) is 18.2 Å². The van der Waals surface area contributed by atoms with E-state index in [1.54, 1.807) is 30.3 Å². The van der Waals surface area contributed by atoms with E-state index in [0.717, 1.165) is 15.4 Å². The maximum atomic E-state index is 12.3. The molecule has 7 nitrogen and oxygen atoms in total. The van der Waals surface area contributed by atoms with Crippen LogP contribution in [-0.2, 0) is 11.3 Å². The van der Waals surface area contributed by atoms with Crippen molar-refractivity contribution in [2.45, 2.75) is 6.54 Å². The van der Waals surface area contributed by atoms with Gasteiger partial charge in [-0.25, -0.2) is 0 Å². The number of carbonyl (C=O) groups excluding carboxylic acids is 3. The molecule has 1 heterocycles. The standard InChI is InChI=1S/C19H16BrN3O4/c20-14-3-1-2-13-8-15(27-17(13)14)19(26)22-9-11-4-6-12(7-5-11)18(25)23-10-16(21)24/h1-8H,9-10H2,(H2,21,24)(H,22,26)(H,23,25). The molecule has 0 bridgehead atoms. The Morgan fingerprint density at radius 2 is 1.74 bits per heavy atom. The van der Waals surface area contributed by atoms with Gasteiger partial charge >= 0.3 is 0 Å². The Hall–Kier alpha value is -3.13. The summed E-state index contributed by atoms with van der Waals surface area (Å²) in [5.41, 5.74) is 6.82. The van der Waals surface area contributed by atoms with Crippen LogP contribution in [0.3, 0.4) is 0 Å². The summed E-state index contributed by atoms with van der Waals surface area (Å²) < 4.78 is 6.38. The minimum absolute atomic E-state index is 0.218. The zero-order chi connectivity index (χ0) is 19.4. The fraction of sp³-hybridized carbons (Fsp3) is 0.105. The molecule has 0 saturated carbocycles. The first kappa shape index (κ1) is 18.7. The van der Waals surface area contributed by atoms with E-state index in [-0.39, 0.29) is 24.8 Å². The van der Waals surface area contributed by atoms with Gasteiger partial charge < -0.3 is 20.8 Å². The van der Waals surface area contributed by atoms with E-state index >= 15 is 0 Å². The van der Waals surface area contributed by atoms with Crippen LogP contribution in [0.2, 0.25) is 0 Å². The molecule has 0 aliphatic carbocycles. The van der Waals surface area contributed by atoms with Gasteiger partial charge in [0.15, 0.2) is 5.76 Å². The summed E-state index contributed by atoms with van der Waals surface area (Å²) in [6, 6.07) is 13.9. The van der Waals surface area contributed by atoms with E-state index in [0.29, 0.717) is 11.1 Å². The van der Waals surface area contributed by atoms with Gasteiger partial charge in [-0.05, 0) is 45.8 Å². The van der Waals surface area contributed by atoms with Gasteiger partial charge in [0.2, 0.25) is 5.91 Å². The largest absolute Gasteiger partial charge is 0.450 e. The van der Waals surface area contributed by atoms with E-state index in [1.165, 1.54) is 0 Å². The quantitative estimate of drug-likeness (QED) is 0.557. The number of nitrogens with two attached hydrogens (primary N) is 1. The third-order valence-corrected chi connectivity index (χ3v) is 4.44. The summed E-state index contributed by atoms with van der Waals surface area (Å²) in [6.07, 6.45) is 0. The fourth-order valence-electron chi connectivity index (χ4n) is 2.45. The van der Waals surface area contributed by atoms with Crippen LogP contribution < -0.4 is 16.4 Å². The average molecular weight is 430 g/mol. The van der Waals surface area contributed by atoms with Gasteiger partial charge in [0, 0.05) is 17.5 Å². The Morgan fingerprint density at radius 3 is 2.41 bits per heavy atom. The minimum Gasteiger partial charge on any atom is -0.450 e. The van der Waals surface area contributed by atoms with Gasteiger partial charge in [0.05, 0.1) is 11.0 Å². The van der Waals surface area contributed by atoms with Crippen molar-refractivity contribution in [1.82, 2.24) is 10.6 Å². The highest BCUT2D eigenvalue weighted by molar-refractivity contribution is 9.10. The molecule has 27 heavy (non-hydrogen) atoms. The van der Waals surface area contributed by atoms with Crippen molar-refractivity contribution in [2.75, 3.05) is 6.54 Å². The van der Waals surface area contributed by atoms with E-state index in [9.17, 15) is 14.4 Å². The average Bonchev–Trinajstić information content (AvgIpc) is 3.10. The number of furan rings is 1. The lowest BCUT2D eigenvalue weighted by atomic mass is 10.1. The molecule has 4 N–H and O–H groups in total. The van der Waals surface area contributed by atoms with Gasteiger partial charge in [-0.1, -0.05) is 24.3 Å². The molecule has 3 aromatic rings. The number of amides is 3. The molecular formula is C19H16BrN3O4. The molecular weight excluding hydrogens is 414 g/mol. The predicted octanol–water partition coefficient (Wildman–Crippen LogP) is 2.34. The number of rotatable bonds is 6. The number of nitrogens with one attached hydrogen (secondary N) is 2. The number of benzene rings is 2. The van der Waals surface area contributed by atoms with Gasteiger partial charge in [-0.3, -0.25) is 14.4 Å². The lowest BCUT2D eigenvalue weighted by molar-refractivity contribution is -0.117. The first-order chi connectivity index (χ1) is 12.9. The molecule has 0 radical (unpaired) electrons. The molecule has 8 heteroatoms. The summed E-state index contributed by atoms with van der Waals surface area (Å²) in [6.45, 7) is 0.0600. The molecule has 0 atom stereocenters. The van der Waals surface area contributed by atoms with Crippen molar-refractivity contribution < 1.29 is 18.8 Å². The molecule has 138 valence electrons. The third-order valence-electron chi connectivity index (χ3n) is 3.81. The van der Waals surface area contributed by atoms with Crippen LogP contribution in [0.5, 0.6) is 0 Å². The number of fused-ring (bicyclic) bond motifs is 1. The van der Waals surface area contributed by atoms with E-state index < -0.39 is 11.8 Å². The van der Waals surface area contributed by atoms with Crippen molar-refractivity contribution in [3.63, 3.8) is 0 Å². The Bertz CT molecular complexity index is 1010. The molecule has 1 aromatic heterocycles. The summed E-state index contributed by atoms with van der Waals surface area (Å²) in [5, 5.41) is 6.02. The molecule has 0 saturated heterocycles. The van der Waals surface area contributed by atoms with Gasteiger partial charge in [0.1, 0.15) is 5.58 Å². The van der Waals surface area contributed by atoms with Crippen LogP contribution >= 0.6 is 15.9 Å². The van der Waals surface area contributed by atoms with Gasteiger partial charge in [-0.2, -0.15) is 0 Å². The minimum atomic E-state index is -0.611. The first-order valence-electron chi connectivity index (χ1n) is 8.06. The molecule has 0 spiro atoms. The Kier molecular flexibility index (Phi) is 5.56. The van der Waals surface area contributed by atoms with Crippen LogP contribution in [0.15, 0.2) is 57.4 Å². The number of primary amides is 1. The second kappa shape index (κ2) is 8.05. The number of hydrogen-bond acceptors (Lipinski definition) is 4. The van der Waals surface area contributed by atoms with Crippen LogP contribution in [0.4, 0.5) is 0 Å². The molecule has 0 aliphatic rings. The number of carbonyl (C=O) groups is 3. The third kappa shape index (κ3) is 4.53. The maximum Gasteiger partial charge on any atom is 0.287 e. The number of halogens is 1. The second-order valence-electron chi connectivity index (χ2n) is 5.80. The normalized spacial score (nSPS) is 10.6. The summed E-state index contributed by atoms with van der Waals surface area (Å²) in [5.74, 6) is -1.11. The van der Waals surface area contributed by atoms with Crippen LogP contribution in [0, 0.1) is 0 Å². The van der Waals surface area contributed by atoms with Crippen molar-refractivity contribution >= 4 is 44.6 Å². The SMILES string of the molecule is NC(=O)CNC(=O)c1ccc(CNC(=O)c2cc3cccc(Br)c3o2)cc1. The number of hydrogen-bond donors (Lipinski definition) is 3. The summed E-state index contributed by atoms with van der Waals surface area (Å²) in [4.78, 5) is 34.8.